The van der Waals surface area contributed by atoms with Gasteiger partial charge in [0, 0.05) is 11.0 Å². The molecule has 6 nitrogen and oxygen atoms in total. The van der Waals surface area contributed by atoms with E-state index in [4.69, 9.17) is 10.5 Å². The lowest BCUT2D eigenvalue weighted by atomic mass is 10.1. The molecule has 8 heteroatoms. The molecule has 0 radical (unpaired) electrons. The third-order valence-electron chi connectivity index (χ3n) is 4.03. The Labute approximate surface area is 158 Å². The largest absolute Gasteiger partial charge is 0.452 e. The topological polar surface area (TPSA) is 98.5 Å². The van der Waals surface area contributed by atoms with Gasteiger partial charge in [-0.25, -0.2) is 9.18 Å². The van der Waals surface area contributed by atoms with Gasteiger partial charge < -0.3 is 15.8 Å². The number of hydrogen-bond acceptors (Lipinski definition) is 5. The first-order valence-electron chi connectivity index (χ1n) is 8.28. The van der Waals surface area contributed by atoms with E-state index < -0.39 is 30.2 Å². The molecular weight excluding hydrogens is 371 g/mol. The number of carbonyl (C=O) groups excluding carboxylic acids is 3. The maximum Gasteiger partial charge on any atom is 0.331 e. The molecule has 3 N–H and O–H groups in total. The summed E-state index contributed by atoms with van der Waals surface area (Å²) in [6.45, 7) is -0.507. The maximum atomic E-state index is 13.1. The molecule has 1 aliphatic rings. The molecule has 0 saturated carbocycles. The molecule has 2 aromatic rings. The lowest BCUT2D eigenvalue weighted by molar-refractivity contribution is -0.142. The van der Waals surface area contributed by atoms with Crippen molar-refractivity contribution in [2.45, 2.75) is 19.3 Å². The van der Waals surface area contributed by atoms with E-state index in [1.807, 2.05) is 0 Å². The highest BCUT2D eigenvalue weighted by molar-refractivity contribution is 7.17. The SMILES string of the molecule is NC(=O)c1c(NC(=O)COC(=O)/C=C/c2cccc(F)c2)sc2c1CCC2. The number of fused-ring (bicyclic) bond motifs is 1. The molecule has 0 atom stereocenters. The Kier molecular flexibility index (Phi) is 5.66. The van der Waals surface area contributed by atoms with Gasteiger partial charge >= 0.3 is 5.97 Å². The summed E-state index contributed by atoms with van der Waals surface area (Å²) in [6, 6.07) is 5.70. The van der Waals surface area contributed by atoms with E-state index in [9.17, 15) is 18.8 Å². The number of hydrogen-bond donors (Lipinski definition) is 2. The molecule has 0 bridgehead atoms. The summed E-state index contributed by atoms with van der Waals surface area (Å²) < 4.78 is 17.9. The zero-order chi connectivity index (χ0) is 19.4. The first-order valence-corrected chi connectivity index (χ1v) is 9.10. The molecule has 27 heavy (non-hydrogen) atoms. The van der Waals surface area contributed by atoms with Gasteiger partial charge in [0.05, 0.1) is 5.56 Å². The fourth-order valence-corrected chi connectivity index (χ4v) is 4.19. The predicted molar refractivity (Wildman–Crippen MR) is 99.9 cm³/mol. The first kappa shape index (κ1) is 18.8. The Morgan fingerprint density at radius 1 is 1.30 bits per heavy atom. The quantitative estimate of drug-likeness (QED) is 0.587. The third-order valence-corrected chi connectivity index (χ3v) is 5.23. The van der Waals surface area contributed by atoms with Crippen LogP contribution in [0.25, 0.3) is 6.08 Å². The predicted octanol–water partition coefficient (Wildman–Crippen LogP) is 2.67. The molecule has 2 amide bonds. The number of carbonyl (C=O) groups is 3. The van der Waals surface area contributed by atoms with Crippen molar-refractivity contribution in [3.63, 3.8) is 0 Å². The lowest BCUT2D eigenvalue weighted by Crippen LogP contribution is -2.22. The monoisotopic (exact) mass is 388 g/mol. The number of rotatable bonds is 6. The molecule has 0 aliphatic heterocycles. The van der Waals surface area contributed by atoms with Crippen LogP contribution in [0.3, 0.4) is 0 Å². The number of primary amides is 1. The van der Waals surface area contributed by atoms with Gasteiger partial charge in [0.1, 0.15) is 10.8 Å². The minimum atomic E-state index is -0.738. The minimum Gasteiger partial charge on any atom is -0.452 e. The fourth-order valence-electron chi connectivity index (χ4n) is 2.88. The van der Waals surface area contributed by atoms with Crippen molar-refractivity contribution in [3.05, 3.63) is 57.7 Å². The van der Waals surface area contributed by atoms with Crippen molar-refractivity contribution >= 4 is 40.2 Å². The van der Waals surface area contributed by atoms with E-state index in [0.717, 1.165) is 35.8 Å². The maximum absolute atomic E-state index is 13.1. The first-order chi connectivity index (χ1) is 12.9. The van der Waals surface area contributed by atoms with E-state index in [1.165, 1.54) is 35.6 Å². The summed E-state index contributed by atoms with van der Waals surface area (Å²) in [5.41, 5.74) is 7.17. The van der Waals surface area contributed by atoms with Crippen LogP contribution in [0.2, 0.25) is 0 Å². The highest BCUT2D eigenvalue weighted by Gasteiger charge is 2.26. The number of nitrogens with one attached hydrogen (secondary N) is 1. The number of ether oxygens (including phenoxy) is 1. The normalized spacial score (nSPS) is 12.8. The van der Waals surface area contributed by atoms with Gasteiger partial charge in [0.2, 0.25) is 0 Å². The summed E-state index contributed by atoms with van der Waals surface area (Å²) >= 11 is 1.33. The van der Waals surface area contributed by atoms with Crippen molar-refractivity contribution < 1.29 is 23.5 Å². The van der Waals surface area contributed by atoms with Crippen molar-refractivity contribution in [1.82, 2.24) is 0 Å². The summed E-state index contributed by atoms with van der Waals surface area (Å²) in [5, 5.41) is 2.98. The number of anilines is 1. The molecule has 0 saturated heterocycles. The molecule has 140 valence electrons. The molecule has 0 fully saturated rings. The van der Waals surface area contributed by atoms with Crippen LogP contribution in [-0.4, -0.2) is 24.4 Å². The number of nitrogens with two attached hydrogens (primary N) is 1. The van der Waals surface area contributed by atoms with Gasteiger partial charge in [0.25, 0.3) is 11.8 Å². The average molecular weight is 388 g/mol. The zero-order valence-electron chi connectivity index (χ0n) is 14.3. The smallest absolute Gasteiger partial charge is 0.331 e. The number of thiophene rings is 1. The highest BCUT2D eigenvalue weighted by Crippen LogP contribution is 2.38. The van der Waals surface area contributed by atoms with Crippen molar-refractivity contribution in [2.24, 2.45) is 5.73 Å². The molecule has 0 unspecified atom stereocenters. The number of halogens is 1. The highest BCUT2D eigenvalue weighted by atomic mass is 32.1. The Bertz CT molecular complexity index is 936. The molecule has 1 aliphatic carbocycles. The van der Waals surface area contributed by atoms with Crippen LogP contribution in [-0.2, 0) is 27.2 Å². The van der Waals surface area contributed by atoms with Gasteiger partial charge in [-0.15, -0.1) is 11.3 Å². The number of amides is 2. The second-order valence-electron chi connectivity index (χ2n) is 5.97. The van der Waals surface area contributed by atoms with Gasteiger partial charge in [-0.3, -0.25) is 9.59 Å². The van der Waals surface area contributed by atoms with E-state index in [0.29, 0.717) is 16.1 Å². The van der Waals surface area contributed by atoms with Crippen LogP contribution in [0, 0.1) is 5.82 Å². The summed E-state index contributed by atoms with van der Waals surface area (Å²) in [4.78, 5) is 36.5. The van der Waals surface area contributed by atoms with E-state index >= 15 is 0 Å². The second-order valence-corrected chi connectivity index (χ2v) is 7.08. The standard InChI is InChI=1S/C19H17FN2O4S/c20-12-4-1-3-11(9-12)7-8-16(24)26-10-15(23)22-19-17(18(21)25)13-5-2-6-14(13)27-19/h1,3-4,7-9H,2,5-6,10H2,(H2,21,25)(H,22,23)/b8-7+. The summed E-state index contributed by atoms with van der Waals surface area (Å²) in [7, 11) is 0. The Morgan fingerprint density at radius 3 is 2.85 bits per heavy atom. The molecule has 0 spiro atoms. The molecule has 1 heterocycles. The van der Waals surface area contributed by atoms with Crippen LogP contribution in [0.4, 0.5) is 9.39 Å². The zero-order valence-corrected chi connectivity index (χ0v) is 15.1. The van der Waals surface area contributed by atoms with Crippen molar-refractivity contribution in [1.29, 1.82) is 0 Å². The Morgan fingerprint density at radius 2 is 2.11 bits per heavy atom. The van der Waals surface area contributed by atoms with Crippen molar-refractivity contribution in [2.75, 3.05) is 11.9 Å². The van der Waals surface area contributed by atoms with E-state index in [1.54, 1.807) is 6.07 Å². The molecule has 3 rings (SSSR count). The number of aryl methyl sites for hydroxylation is 1. The van der Waals surface area contributed by atoms with Crippen LogP contribution in [0.5, 0.6) is 0 Å². The Hall–Kier alpha value is -3.00. The van der Waals surface area contributed by atoms with Crippen LogP contribution in [0.15, 0.2) is 30.3 Å². The van der Waals surface area contributed by atoms with Gasteiger partial charge in [0.15, 0.2) is 6.61 Å². The van der Waals surface area contributed by atoms with E-state index in [-0.39, 0.29) is 0 Å². The van der Waals surface area contributed by atoms with Gasteiger partial charge in [-0.1, -0.05) is 12.1 Å². The minimum absolute atomic E-state index is 0.346. The lowest BCUT2D eigenvalue weighted by Gasteiger charge is -2.06. The summed E-state index contributed by atoms with van der Waals surface area (Å²) in [5.74, 6) is -2.30. The second kappa shape index (κ2) is 8.13. The van der Waals surface area contributed by atoms with Crippen LogP contribution in [0.1, 0.15) is 32.8 Å². The van der Waals surface area contributed by atoms with Crippen molar-refractivity contribution in [3.8, 4) is 0 Å². The number of esters is 1. The summed E-state index contributed by atoms with van der Waals surface area (Å²) in [6.07, 6.45) is 5.08. The average Bonchev–Trinajstić information content (AvgIpc) is 3.18. The van der Waals surface area contributed by atoms with Gasteiger partial charge in [-0.05, 0) is 48.6 Å². The third kappa shape index (κ3) is 4.59. The van der Waals surface area contributed by atoms with Crippen LogP contribution < -0.4 is 11.1 Å². The van der Waals surface area contributed by atoms with E-state index in [2.05, 4.69) is 5.32 Å². The molecule has 1 aromatic heterocycles. The Balaban J connectivity index is 1.56. The van der Waals surface area contributed by atoms with Gasteiger partial charge in [-0.2, -0.15) is 0 Å². The fraction of sp³-hybridized carbons (Fsp3) is 0.211. The van der Waals surface area contributed by atoms with Crippen LogP contribution >= 0.6 is 11.3 Å². The number of benzene rings is 1. The molecular formula is C19H17FN2O4S. The molecule has 1 aromatic carbocycles.